The van der Waals surface area contributed by atoms with Gasteiger partial charge in [-0.3, -0.25) is 0 Å². The Labute approximate surface area is 144 Å². The van der Waals surface area contributed by atoms with Gasteiger partial charge in [0.1, 0.15) is 0 Å². The van der Waals surface area contributed by atoms with Gasteiger partial charge in [-0.15, -0.1) is 0 Å². The Morgan fingerprint density at radius 1 is 0.905 bits per heavy atom. The second-order valence-electron chi connectivity index (χ2n) is 7.19. The van der Waals surface area contributed by atoms with Gasteiger partial charge in [-0.05, 0) is 0 Å². The third-order valence-corrected chi connectivity index (χ3v) is 8.77. The van der Waals surface area contributed by atoms with E-state index in [1.54, 1.807) is 0 Å². The fourth-order valence-corrected chi connectivity index (χ4v) is 7.37. The molecular formula is C8H28B12S-. The van der Waals surface area contributed by atoms with E-state index in [2.05, 4.69) is 57.7 Å². The zero-order valence-corrected chi connectivity index (χ0v) is 16.3. The molecule has 0 aliphatic heterocycles. The Morgan fingerprint density at radius 2 is 1.38 bits per heavy atom. The molecule has 0 aromatic heterocycles. The fourth-order valence-electron chi connectivity index (χ4n) is 2.98. The summed E-state index contributed by atoms with van der Waals surface area (Å²) >= 11 is 0. The molecule has 0 unspecified atom stereocenters. The van der Waals surface area contributed by atoms with Crippen molar-refractivity contribution in [1.29, 1.82) is 0 Å². The fraction of sp³-hybridized carbons (Fsp3) is 1.00. The molecule has 0 fully saturated rings. The van der Waals surface area contributed by atoms with Crippen LogP contribution in [0.25, 0.3) is 0 Å². The van der Waals surface area contributed by atoms with E-state index in [9.17, 15) is 0 Å². The Bertz CT molecular complexity index is 353. The molecule has 0 aliphatic rings. The predicted octanol–water partition coefficient (Wildman–Crippen LogP) is -3.97. The molecular weight excluding hydrogens is 248 g/mol. The summed E-state index contributed by atoms with van der Waals surface area (Å²) in [5, 5.41) is 0. The van der Waals surface area contributed by atoms with Crippen LogP contribution in [0.1, 0.15) is 45.4 Å². The van der Waals surface area contributed by atoms with E-state index < -0.39 is 8.73 Å². The zero-order chi connectivity index (χ0) is 16.3. The molecule has 0 saturated carbocycles. The van der Waals surface area contributed by atoms with E-state index >= 15 is 0 Å². The van der Waals surface area contributed by atoms with Crippen LogP contribution in [0.5, 0.6) is 0 Å². The maximum absolute atomic E-state index is 6.06. The summed E-state index contributed by atoms with van der Waals surface area (Å²) in [6.45, 7) is 2.29. The van der Waals surface area contributed by atoms with Crippen molar-refractivity contribution in [3.63, 3.8) is 0 Å². The van der Waals surface area contributed by atoms with Crippen molar-refractivity contribution in [3.8, 4) is 0 Å². The number of rotatable bonds is 11. The molecule has 0 amide bonds. The molecule has 103 valence electrons. The van der Waals surface area contributed by atoms with E-state index in [0.717, 1.165) is 7.06 Å². The SMILES string of the molecule is [10B-][10BH][10B]([10BH2])S(=[10B][10B]([10BH2])[10BH2])(=[10B][10B]([10BH2])[10BH2])CCCCCCCC. The summed E-state index contributed by atoms with van der Waals surface area (Å²) in [5.41, 5.74) is 0. The van der Waals surface area contributed by atoms with Crippen LogP contribution in [0.2, 0.25) is 0 Å². The minimum atomic E-state index is -0.792. The molecule has 3 radical (unpaired) electrons. The monoisotopic (exact) mass is 276 g/mol. The van der Waals surface area contributed by atoms with E-state index in [1.165, 1.54) is 44.3 Å². The van der Waals surface area contributed by atoms with Gasteiger partial charge in [-0.2, -0.15) is 0 Å². The van der Waals surface area contributed by atoms with Crippen LogP contribution >= 0.6 is 8.73 Å². The van der Waals surface area contributed by atoms with Crippen LogP contribution in [0, 0.1) is 0 Å². The second kappa shape index (κ2) is 12.5. The van der Waals surface area contributed by atoms with Crippen LogP contribution in [-0.2, 0) is 0 Å². The third kappa shape index (κ3) is 9.77. The summed E-state index contributed by atoms with van der Waals surface area (Å²) in [5.74, 6) is 1.98. The van der Waals surface area contributed by atoms with Gasteiger partial charge in [0.2, 0.25) is 0 Å². The molecule has 21 heavy (non-hydrogen) atoms. The van der Waals surface area contributed by atoms with Crippen LogP contribution in [0.15, 0.2) is 0 Å². The first kappa shape index (κ1) is 22.1. The number of unbranched alkanes of at least 4 members (excludes halogenated alkanes) is 5. The standard InChI is InChI=1S/C8H28B12S/c1-2-3-4-5-6-7-8-21(16-18(10)11,17-19(12)13)20(14)15-9/h15H,2-8,10-14H2,1H3/q-1/i9-1,10-1,11-1,12-1,13-1,14-1,15-1,16-1,17-1,18-1,19-1,20-1. The summed E-state index contributed by atoms with van der Waals surface area (Å²) in [4.78, 5) is 0. The van der Waals surface area contributed by atoms with Crippen molar-refractivity contribution in [2.75, 3.05) is 5.75 Å². The number of hydrogen-bond acceptors (Lipinski definition) is 0. The van der Waals surface area contributed by atoms with Gasteiger partial charge in [0, 0.05) is 0 Å². The molecule has 0 heterocycles. The molecule has 0 saturated heterocycles. The quantitative estimate of drug-likeness (QED) is 0.267. The van der Waals surface area contributed by atoms with Crippen LogP contribution in [-0.4, -0.2) is 89.9 Å². The zero-order valence-electron chi connectivity index (χ0n) is 15.5. The van der Waals surface area contributed by atoms with Gasteiger partial charge in [-0.25, -0.2) is 0 Å². The van der Waals surface area contributed by atoms with Crippen molar-refractivity contribution < 1.29 is 0 Å². The van der Waals surface area contributed by atoms with Crippen molar-refractivity contribution in [3.05, 3.63) is 0 Å². The molecule has 0 N–H and O–H groups in total. The van der Waals surface area contributed by atoms with E-state index in [0.29, 0.717) is 18.5 Å². The van der Waals surface area contributed by atoms with Crippen molar-refractivity contribution in [1.82, 2.24) is 0 Å². The summed E-state index contributed by atoms with van der Waals surface area (Å²) in [6.07, 6.45) is 9.62. The Kier molecular flexibility index (Phi) is 13.2. The molecule has 0 aliphatic carbocycles. The maximum atomic E-state index is 6.06. The Morgan fingerprint density at radius 3 is 1.81 bits per heavy atom. The van der Waals surface area contributed by atoms with Gasteiger partial charge in [0.05, 0.1) is 0 Å². The Balaban J connectivity index is 4.96. The first-order chi connectivity index (χ1) is 9.88. The topological polar surface area (TPSA) is 0 Å². The van der Waals surface area contributed by atoms with Crippen molar-refractivity contribution >= 4 is 92.9 Å². The first-order valence-electron chi connectivity index (χ1n) is 9.07. The van der Waals surface area contributed by atoms with Gasteiger partial charge >= 0.3 is 144 Å². The molecule has 0 nitrogen and oxygen atoms in total. The predicted molar refractivity (Wildman–Crippen MR) is 130 cm³/mol. The second-order valence-corrected chi connectivity index (χ2v) is 10.8. The average molecular weight is 277 g/mol. The van der Waals surface area contributed by atoms with Crippen molar-refractivity contribution in [2.45, 2.75) is 45.4 Å². The van der Waals surface area contributed by atoms with E-state index in [4.69, 9.17) is 7.74 Å². The van der Waals surface area contributed by atoms with Crippen LogP contribution in [0.4, 0.5) is 0 Å². The molecule has 0 aromatic rings. The van der Waals surface area contributed by atoms with Crippen LogP contribution < -0.4 is 0 Å². The third-order valence-electron chi connectivity index (χ3n) is 3.98. The van der Waals surface area contributed by atoms with Crippen LogP contribution in [0.3, 0.4) is 0 Å². The molecule has 0 atom stereocenters. The molecule has 0 bridgehead atoms. The molecule has 0 spiro atoms. The summed E-state index contributed by atoms with van der Waals surface area (Å²) in [6, 6.07) is 5.30. The molecule has 0 rings (SSSR count). The van der Waals surface area contributed by atoms with Gasteiger partial charge in [-0.1, -0.05) is 0 Å². The van der Waals surface area contributed by atoms with Gasteiger partial charge in [0.25, 0.3) is 0 Å². The van der Waals surface area contributed by atoms with E-state index in [1.807, 2.05) is 0 Å². The Hall–Kier alpha value is 1.13. The number of hydrogen-bond donors (Lipinski definition) is 0. The minimum absolute atomic E-state index is 0.623. The average Bonchev–Trinajstić information content (AvgIpc) is 2.40. The first-order valence-corrected chi connectivity index (χ1v) is 11.1. The molecule has 13 heteroatoms. The van der Waals surface area contributed by atoms with E-state index in [-0.39, 0.29) is 0 Å². The van der Waals surface area contributed by atoms with Gasteiger partial charge in [0.15, 0.2) is 0 Å². The molecule has 0 aromatic carbocycles. The normalized spacial score (nSPS) is 10.4. The van der Waals surface area contributed by atoms with Gasteiger partial charge < -0.3 is 0 Å². The summed E-state index contributed by atoms with van der Waals surface area (Å²) < 4.78 is 0. The van der Waals surface area contributed by atoms with Crippen molar-refractivity contribution in [2.24, 2.45) is 0 Å². The summed E-state index contributed by atoms with van der Waals surface area (Å²) in [7, 11) is 17.7.